The standard InChI is InChI=1S/C21H30N6O/c1-16-8-11-26(14-19(16)27-12-10-24-15-27)21(23-3)25-9-7-17-5-4-6-18(13-17)20(28)22-2/h4-6,10,12-13,15-16,19H,7-9,11,14H2,1-3H3,(H,22,28)(H,23,25). The highest BCUT2D eigenvalue weighted by atomic mass is 16.1. The van der Waals surface area contributed by atoms with Crippen molar-refractivity contribution in [2.45, 2.75) is 25.8 Å². The summed E-state index contributed by atoms with van der Waals surface area (Å²) in [5.74, 6) is 1.48. The van der Waals surface area contributed by atoms with Crippen LogP contribution >= 0.6 is 0 Å². The van der Waals surface area contributed by atoms with Gasteiger partial charge < -0.3 is 20.1 Å². The lowest BCUT2D eigenvalue weighted by molar-refractivity contribution is 0.0963. The number of carbonyl (C=O) groups excluding carboxylic acids is 1. The number of amides is 1. The van der Waals surface area contributed by atoms with Crippen LogP contribution in [0, 0.1) is 5.92 Å². The minimum absolute atomic E-state index is 0.0569. The third kappa shape index (κ3) is 4.71. The number of guanidine groups is 1. The van der Waals surface area contributed by atoms with E-state index in [1.54, 1.807) is 7.05 Å². The molecule has 150 valence electrons. The molecular formula is C21H30N6O. The smallest absolute Gasteiger partial charge is 0.251 e. The lowest BCUT2D eigenvalue weighted by atomic mass is 9.93. The maximum atomic E-state index is 11.8. The van der Waals surface area contributed by atoms with Crippen LogP contribution in [0.4, 0.5) is 0 Å². The molecule has 0 spiro atoms. The average Bonchev–Trinajstić information content (AvgIpc) is 3.26. The Morgan fingerprint density at radius 3 is 2.96 bits per heavy atom. The van der Waals surface area contributed by atoms with Crippen molar-refractivity contribution in [3.8, 4) is 0 Å². The van der Waals surface area contributed by atoms with Gasteiger partial charge in [0.25, 0.3) is 5.91 Å². The van der Waals surface area contributed by atoms with Crippen LogP contribution in [-0.2, 0) is 6.42 Å². The Morgan fingerprint density at radius 1 is 1.39 bits per heavy atom. The lowest BCUT2D eigenvalue weighted by Crippen LogP contribution is -2.49. The molecule has 1 saturated heterocycles. The second-order valence-electron chi connectivity index (χ2n) is 7.29. The molecule has 0 saturated carbocycles. The third-order valence-electron chi connectivity index (χ3n) is 5.45. The quantitative estimate of drug-likeness (QED) is 0.612. The number of hydrogen-bond donors (Lipinski definition) is 2. The maximum absolute atomic E-state index is 11.8. The van der Waals surface area contributed by atoms with Crippen LogP contribution in [0.3, 0.4) is 0 Å². The lowest BCUT2D eigenvalue weighted by Gasteiger charge is -2.39. The Hall–Kier alpha value is -2.83. The van der Waals surface area contributed by atoms with Gasteiger partial charge in [0.2, 0.25) is 0 Å². The zero-order valence-corrected chi connectivity index (χ0v) is 16.9. The number of carbonyl (C=O) groups is 1. The molecule has 1 fully saturated rings. The van der Waals surface area contributed by atoms with Crippen LogP contribution < -0.4 is 10.6 Å². The minimum Gasteiger partial charge on any atom is -0.356 e. The number of likely N-dealkylation sites (tertiary alicyclic amines) is 1. The van der Waals surface area contributed by atoms with Gasteiger partial charge in [-0.05, 0) is 36.5 Å². The van der Waals surface area contributed by atoms with Crippen molar-refractivity contribution in [3.05, 3.63) is 54.1 Å². The number of piperidine rings is 1. The normalized spacial score (nSPS) is 20.1. The van der Waals surface area contributed by atoms with Gasteiger partial charge >= 0.3 is 0 Å². The number of nitrogens with zero attached hydrogens (tertiary/aromatic N) is 4. The molecule has 1 aliphatic heterocycles. The molecular weight excluding hydrogens is 352 g/mol. The Bertz CT molecular complexity index is 801. The Kier molecular flexibility index (Phi) is 6.68. The fourth-order valence-corrected chi connectivity index (χ4v) is 3.76. The summed E-state index contributed by atoms with van der Waals surface area (Å²) in [6.07, 6.45) is 7.74. The van der Waals surface area contributed by atoms with Gasteiger partial charge in [0, 0.05) is 51.7 Å². The van der Waals surface area contributed by atoms with E-state index < -0.39 is 0 Å². The van der Waals surface area contributed by atoms with E-state index in [0.717, 1.165) is 44.0 Å². The molecule has 1 amide bonds. The van der Waals surface area contributed by atoms with Crippen molar-refractivity contribution in [1.29, 1.82) is 0 Å². The van der Waals surface area contributed by atoms with Gasteiger partial charge in [-0.1, -0.05) is 19.1 Å². The molecule has 2 unspecified atom stereocenters. The molecule has 7 heteroatoms. The molecule has 3 rings (SSSR count). The molecule has 1 aromatic heterocycles. The highest BCUT2D eigenvalue weighted by molar-refractivity contribution is 5.94. The summed E-state index contributed by atoms with van der Waals surface area (Å²) in [5, 5.41) is 6.15. The molecule has 2 atom stereocenters. The number of rotatable bonds is 5. The number of hydrogen-bond acceptors (Lipinski definition) is 3. The Balaban J connectivity index is 1.57. The van der Waals surface area contributed by atoms with E-state index in [2.05, 4.69) is 43.1 Å². The Morgan fingerprint density at radius 2 is 2.25 bits per heavy atom. The molecule has 0 bridgehead atoms. The van der Waals surface area contributed by atoms with Crippen LogP contribution in [-0.4, -0.2) is 60.0 Å². The topological polar surface area (TPSA) is 74.6 Å². The van der Waals surface area contributed by atoms with Crippen LogP contribution in [0.2, 0.25) is 0 Å². The van der Waals surface area contributed by atoms with Gasteiger partial charge in [0.15, 0.2) is 5.96 Å². The summed E-state index contributed by atoms with van der Waals surface area (Å²) in [4.78, 5) is 22.8. The van der Waals surface area contributed by atoms with Gasteiger partial charge in [-0.15, -0.1) is 0 Å². The number of aliphatic imine (C=N–C) groups is 1. The maximum Gasteiger partial charge on any atom is 0.251 e. The number of imidazole rings is 1. The van der Waals surface area contributed by atoms with Gasteiger partial charge in [0.05, 0.1) is 12.4 Å². The molecule has 0 radical (unpaired) electrons. The van der Waals surface area contributed by atoms with E-state index in [9.17, 15) is 4.79 Å². The van der Waals surface area contributed by atoms with Crippen molar-refractivity contribution < 1.29 is 4.79 Å². The first-order valence-corrected chi connectivity index (χ1v) is 9.86. The van der Waals surface area contributed by atoms with Crippen LogP contribution in [0.25, 0.3) is 0 Å². The van der Waals surface area contributed by atoms with E-state index in [1.165, 1.54) is 0 Å². The Labute approximate surface area is 166 Å². The fourth-order valence-electron chi connectivity index (χ4n) is 3.76. The first-order valence-electron chi connectivity index (χ1n) is 9.86. The van der Waals surface area contributed by atoms with Gasteiger partial charge in [-0.2, -0.15) is 0 Å². The molecule has 1 aromatic carbocycles. The predicted molar refractivity (Wildman–Crippen MR) is 112 cm³/mol. The molecule has 7 nitrogen and oxygen atoms in total. The highest BCUT2D eigenvalue weighted by Gasteiger charge is 2.28. The van der Waals surface area contributed by atoms with E-state index in [4.69, 9.17) is 0 Å². The largest absolute Gasteiger partial charge is 0.356 e. The number of nitrogens with one attached hydrogen (secondary N) is 2. The molecule has 2 heterocycles. The van der Waals surface area contributed by atoms with Gasteiger partial charge in [0.1, 0.15) is 0 Å². The first kappa shape index (κ1) is 19.9. The van der Waals surface area contributed by atoms with Crippen molar-refractivity contribution in [3.63, 3.8) is 0 Å². The average molecular weight is 383 g/mol. The molecule has 1 aliphatic rings. The SMILES string of the molecule is CN=C(NCCc1cccc(C(=O)NC)c1)N1CCC(C)C(n2ccnc2)C1. The van der Waals surface area contributed by atoms with Crippen molar-refractivity contribution in [1.82, 2.24) is 25.1 Å². The fraction of sp³-hybridized carbons (Fsp3) is 0.476. The molecule has 28 heavy (non-hydrogen) atoms. The van der Waals surface area contributed by atoms with Crippen LogP contribution in [0.5, 0.6) is 0 Å². The summed E-state index contributed by atoms with van der Waals surface area (Å²) in [7, 11) is 3.48. The molecule has 2 N–H and O–H groups in total. The highest BCUT2D eigenvalue weighted by Crippen LogP contribution is 2.27. The zero-order valence-electron chi connectivity index (χ0n) is 16.9. The van der Waals surface area contributed by atoms with Crippen molar-refractivity contribution in [2.24, 2.45) is 10.9 Å². The second kappa shape index (κ2) is 9.39. The van der Waals surface area contributed by atoms with E-state index in [-0.39, 0.29) is 5.91 Å². The second-order valence-corrected chi connectivity index (χ2v) is 7.29. The van der Waals surface area contributed by atoms with Crippen LogP contribution in [0.1, 0.15) is 35.3 Å². The third-order valence-corrected chi connectivity index (χ3v) is 5.45. The summed E-state index contributed by atoms with van der Waals surface area (Å²) < 4.78 is 2.20. The van der Waals surface area contributed by atoms with Crippen molar-refractivity contribution >= 4 is 11.9 Å². The van der Waals surface area contributed by atoms with E-state index >= 15 is 0 Å². The van der Waals surface area contributed by atoms with Crippen molar-refractivity contribution in [2.75, 3.05) is 33.7 Å². The number of aromatic nitrogens is 2. The minimum atomic E-state index is -0.0569. The summed E-state index contributed by atoms with van der Waals surface area (Å²) >= 11 is 0. The molecule has 2 aromatic rings. The van der Waals surface area contributed by atoms with Gasteiger partial charge in [-0.25, -0.2) is 4.98 Å². The first-order chi connectivity index (χ1) is 13.6. The van der Waals surface area contributed by atoms with E-state index in [1.807, 2.05) is 44.0 Å². The summed E-state index contributed by atoms with van der Waals surface area (Å²) in [5.41, 5.74) is 1.82. The summed E-state index contributed by atoms with van der Waals surface area (Å²) in [6, 6.07) is 8.16. The predicted octanol–water partition coefficient (Wildman–Crippen LogP) is 1.94. The van der Waals surface area contributed by atoms with E-state index in [0.29, 0.717) is 17.5 Å². The number of benzene rings is 1. The monoisotopic (exact) mass is 382 g/mol. The molecule has 0 aliphatic carbocycles. The van der Waals surface area contributed by atoms with Gasteiger partial charge in [-0.3, -0.25) is 9.79 Å². The summed E-state index contributed by atoms with van der Waals surface area (Å²) in [6.45, 7) is 4.99. The zero-order chi connectivity index (χ0) is 19.9. The van der Waals surface area contributed by atoms with Crippen LogP contribution in [0.15, 0.2) is 48.0 Å².